The summed E-state index contributed by atoms with van der Waals surface area (Å²) in [5.74, 6) is 0.144. The maximum atomic E-state index is 11.9. The van der Waals surface area contributed by atoms with Crippen molar-refractivity contribution < 1.29 is 9.59 Å². The highest BCUT2D eigenvalue weighted by atomic mass is 16.1. The van der Waals surface area contributed by atoms with Crippen molar-refractivity contribution in [3.8, 4) is 0 Å². The van der Waals surface area contributed by atoms with Crippen molar-refractivity contribution in [2.75, 3.05) is 0 Å². The Kier molecular flexibility index (Phi) is 4.13. The smallest absolute Gasteiger partial charge is 0.248 e. The zero-order chi connectivity index (χ0) is 13.0. The molecule has 96 valence electrons. The molecule has 1 aliphatic carbocycles. The molecule has 1 saturated carbocycles. The SMILES string of the molecule is NC(=O)c1ccc(C[C@H]2CCCCCC2=O)cc1. The average molecular weight is 245 g/mol. The first-order chi connectivity index (χ1) is 8.66. The van der Waals surface area contributed by atoms with E-state index in [2.05, 4.69) is 0 Å². The highest BCUT2D eigenvalue weighted by molar-refractivity contribution is 5.92. The van der Waals surface area contributed by atoms with Gasteiger partial charge in [0.25, 0.3) is 0 Å². The van der Waals surface area contributed by atoms with Crippen LogP contribution in [-0.2, 0) is 11.2 Å². The molecule has 0 saturated heterocycles. The van der Waals surface area contributed by atoms with E-state index in [-0.39, 0.29) is 5.92 Å². The van der Waals surface area contributed by atoms with Crippen LogP contribution >= 0.6 is 0 Å². The predicted octanol–water partition coefficient (Wildman–Crippen LogP) is 2.48. The number of Topliss-reactive ketones (excluding diaryl/α,β-unsaturated/α-hetero) is 1. The van der Waals surface area contributed by atoms with E-state index >= 15 is 0 Å². The Balaban J connectivity index is 2.03. The van der Waals surface area contributed by atoms with E-state index < -0.39 is 5.91 Å². The number of carbonyl (C=O) groups excluding carboxylic acids is 2. The summed E-state index contributed by atoms with van der Waals surface area (Å²) in [5, 5.41) is 0. The quantitative estimate of drug-likeness (QED) is 0.832. The van der Waals surface area contributed by atoms with E-state index in [9.17, 15) is 9.59 Å². The number of primary amides is 1. The minimum absolute atomic E-state index is 0.159. The van der Waals surface area contributed by atoms with Crippen molar-refractivity contribution in [3.05, 3.63) is 35.4 Å². The largest absolute Gasteiger partial charge is 0.366 e. The standard InChI is InChI=1S/C15H19NO2/c16-15(18)12-8-6-11(7-9-12)10-13-4-2-1-3-5-14(13)17/h6-9,13H,1-5,10H2,(H2,16,18)/t13-/m1/s1. The fourth-order valence-electron chi connectivity index (χ4n) is 2.54. The fraction of sp³-hybridized carbons (Fsp3) is 0.467. The summed E-state index contributed by atoms with van der Waals surface area (Å²) in [6, 6.07) is 7.27. The third kappa shape index (κ3) is 3.19. The number of benzene rings is 1. The molecule has 1 aromatic carbocycles. The molecule has 0 heterocycles. The van der Waals surface area contributed by atoms with Gasteiger partial charge in [-0.2, -0.15) is 0 Å². The Hall–Kier alpha value is -1.64. The van der Waals surface area contributed by atoms with Crippen LogP contribution in [0.1, 0.15) is 48.0 Å². The molecule has 2 N–H and O–H groups in total. The molecule has 0 radical (unpaired) electrons. The zero-order valence-corrected chi connectivity index (χ0v) is 10.5. The lowest BCUT2D eigenvalue weighted by Crippen LogP contribution is -2.15. The Morgan fingerprint density at radius 3 is 2.56 bits per heavy atom. The molecule has 1 aliphatic rings. The summed E-state index contributed by atoms with van der Waals surface area (Å²) in [7, 11) is 0. The summed E-state index contributed by atoms with van der Waals surface area (Å²) in [6.07, 6.45) is 5.87. The predicted molar refractivity (Wildman–Crippen MR) is 70.2 cm³/mol. The molecular formula is C15H19NO2. The van der Waals surface area contributed by atoms with E-state index in [1.807, 2.05) is 12.1 Å². The van der Waals surface area contributed by atoms with E-state index in [1.165, 1.54) is 6.42 Å². The molecular weight excluding hydrogens is 226 g/mol. The number of hydrogen-bond donors (Lipinski definition) is 1. The average Bonchev–Trinajstić information content (AvgIpc) is 2.56. The van der Waals surface area contributed by atoms with Gasteiger partial charge in [0.2, 0.25) is 5.91 Å². The number of nitrogens with two attached hydrogens (primary N) is 1. The molecule has 2 rings (SSSR count). The molecule has 0 bridgehead atoms. The van der Waals surface area contributed by atoms with Gasteiger partial charge in [-0.25, -0.2) is 0 Å². The summed E-state index contributed by atoms with van der Waals surface area (Å²) < 4.78 is 0. The highest BCUT2D eigenvalue weighted by Crippen LogP contribution is 2.23. The normalized spacial score (nSPS) is 20.4. The van der Waals surface area contributed by atoms with E-state index in [1.54, 1.807) is 12.1 Å². The van der Waals surface area contributed by atoms with Gasteiger partial charge in [0, 0.05) is 17.9 Å². The maximum Gasteiger partial charge on any atom is 0.248 e. The number of carbonyl (C=O) groups is 2. The number of ketones is 1. The third-order valence-corrected chi connectivity index (χ3v) is 3.65. The minimum atomic E-state index is -0.410. The van der Waals surface area contributed by atoms with Crippen LogP contribution in [0.3, 0.4) is 0 Å². The van der Waals surface area contributed by atoms with Gasteiger partial charge in [0.1, 0.15) is 5.78 Å². The topological polar surface area (TPSA) is 60.2 Å². The van der Waals surface area contributed by atoms with Crippen LogP contribution in [0.2, 0.25) is 0 Å². The molecule has 1 amide bonds. The van der Waals surface area contributed by atoms with Crippen LogP contribution in [0.15, 0.2) is 24.3 Å². The van der Waals surface area contributed by atoms with Crippen LogP contribution in [-0.4, -0.2) is 11.7 Å². The molecule has 0 spiro atoms. The lowest BCUT2D eigenvalue weighted by atomic mass is 9.91. The van der Waals surface area contributed by atoms with Crippen molar-refractivity contribution in [1.82, 2.24) is 0 Å². The Morgan fingerprint density at radius 1 is 1.17 bits per heavy atom. The minimum Gasteiger partial charge on any atom is -0.366 e. The summed E-state index contributed by atoms with van der Waals surface area (Å²) in [4.78, 5) is 22.9. The zero-order valence-electron chi connectivity index (χ0n) is 10.5. The molecule has 1 fully saturated rings. The lowest BCUT2D eigenvalue weighted by Gasteiger charge is -2.12. The van der Waals surface area contributed by atoms with E-state index in [0.717, 1.165) is 37.7 Å². The molecule has 1 atom stereocenters. The van der Waals surface area contributed by atoms with Gasteiger partial charge in [0.05, 0.1) is 0 Å². The van der Waals surface area contributed by atoms with Crippen LogP contribution in [0.4, 0.5) is 0 Å². The lowest BCUT2D eigenvalue weighted by molar-refractivity contribution is -0.122. The third-order valence-electron chi connectivity index (χ3n) is 3.65. The van der Waals surface area contributed by atoms with Crippen LogP contribution in [0.5, 0.6) is 0 Å². The molecule has 3 heteroatoms. The summed E-state index contributed by atoms with van der Waals surface area (Å²) in [6.45, 7) is 0. The monoisotopic (exact) mass is 245 g/mol. The van der Waals surface area contributed by atoms with E-state index in [4.69, 9.17) is 5.73 Å². The van der Waals surface area contributed by atoms with E-state index in [0.29, 0.717) is 11.3 Å². The van der Waals surface area contributed by atoms with Crippen molar-refractivity contribution >= 4 is 11.7 Å². The first kappa shape index (κ1) is 12.8. The van der Waals surface area contributed by atoms with Crippen molar-refractivity contribution in [1.29, 1.82) is 0 Å². The van der Waals surface area contributed by atoms with Crippen molar-refractivity contribution in [3.63, 3.8) is 0 Å². The number of amides is 1. The molecule has 18 heavy (non-hydrogen) atoms. The van der Waals surface area contributed by atoms with Crippen molar-refractivity contribution in [2.24, 2.45) is 11.7 Å². The molecule has 0 aromatic heterocycles. The van der Waals surface area contributed by atoms with Crippen LogP contribution < -0.4 is 5.73 Å². The Bertz CT molecular complexity index is 436. The van der Waals surface area contributed by atoms with Gasteiger partial charge in [-0.15, -0.1) is 0 Å². The molecule has 0 aliphatic heterocycles. The highest BCUT2D eigenvalue weighted by Gasteiger charge is 2.20. The molecule has 0 unspecified atom stereocenters. The number of rotatable bonds is 3. The fourth-order valence-corrected chi connectivity index (χ4v) is 2.54. The molecule has 1 aromatic rings. The first-order valence-electron chi connectivity index (χ1n) is 6.58. The summed E-state index contributed by atoms with van der Waals surface area (Å²) >= 11 is 0. The second-order valence-electron chi connectivity index (χ2n) is 5.03. The van der Waals surface area contributed by atoms with Gasteiger partial charge < -0.3 is 5.73 Å². The van der Waals surface area contributed by atoms with Crippen LogP contribution in [0.25, 0.3) is 0 Å². The Morgan fingerprint density at radius 2 is 1.89 bits per heavy atom. The second kappa shape index (κ2) is 5.80. The second-order valence-corrected chi connectivity index (χ2v) is 5.03. The van der Waals surface area contributed by atoms with Gasteiger partial charge in [0.15, 0.2) is 0 Å². The summed E-state index contributed by atoms with van der Waals surface area (Å²) in [5.41, 5.74) is 6.83. The Labute approximate surface area is 107 Å². The number of hydrogen-bond acceptors (Lipinski definition) is 2. The van der Waals surface area contributed by atoms with Gasteiger partial charge >= 0.3 is 0 Å². The van der Waals surface area contributed by atoms with Crippen molar-refractivity contribution in [2.45, 2.75) is 38.5 Å². The van der Waals surface area contributed by atoms with Gasteiger partial charge in [-0.1, -0.05) is 25.0 Å². The van der Waals surface area contributed by atoms with Gasteiger partial charge in [-0.3, -0.25) is 9.59 Å². The molecule has 3 nitrogen and oxygen atoms in total. The van der Waals surface area contributed by atoms with Crippen LogP contribution in [0, 0.1) is 5.92 Å². The first-order valence-corrected chi connectivity index (χ1v) is 6.58. The van der Waals surface area contributed by atoms with Gasteiger partial charge in [-0.05, 0) is 37.0 Å². The maximum absolute atomic E-state index is 11.9.